The first-order valence-electron chi connectivity index (χ1n) is 16.9. The van der Waals surface area contributed by atoms with E-state index >= 15 is 0 Å². The van der Waals surface area contributed by atoms with Crippen molar-refractivity contribution in [3.63, 3.8) is 0 Å². The van der Waals surface area contributed by atoms with Crippen molar-refractivity contribution in [2.24, 2.45) is 0 Å². The highest BCUT2D eigenvalue weighted by atomic mass is 19.1. The van der Waals surface area contributed by atoms with Crippen molar-refractivity contribution in [2.75, 3.05) is 5.32 Å². The predicted octanol–water partition coefficient (Wildman–Crippen LogP) is 9.22. The normalized spacial score (nSPS) is 18.5. The van der Waals surface area contributed by atoms with Crippen LogP contribution in [0.4, 0.5) is 10.1 Å². The van der Waals surface area contributed by atoms with E-state index in [-0.39, 0.29) is 36.3 Å². The smallest absolute Gasteiger partial charge is 0.308 e. The van der Waals surface area contributed by atoms with Gasteiger partial charge in [0.05, 0.1) is 24.3 Å². The highest BCUT2D eigenvalue weighted by Gasteiger charge is 2.38. The van der Waals surface area contributed by atoms with E-state index in [2.05, 4.69) is 23.7 Å². The Kier molecular flexibility index (Phi) is 10.8. The van der Waals surface area contributed by atoms with E-state index in [1.54, 1.807) is 12.1 Å². The minimum Gasteiger partial charge on any atom is -0.460 e. The third-order valence-corrected chi connectivity index (χ3v) is 8.34. The topological polar surface area (TPSA) is 82.0 Å². The Morgan fingerprint density at radius 3 is 2.17 bits per heavy atom. The molecular weight excluding hydrogens is 607 g/mol. The number of nitrogens with one attached hydrogen (secondary N) is 1. The van der Waals surface area contributed by atoms with Gasteiger partial charge in [-0.05, 0) is 94.5 Å². The number of carbonyl (C=O) groups is 1. The van der Waals surface area contributed by atoms with Gasteiger partial charge in [-0.2, -0.15) is 0 Å². The van der Waals surface area contributed by atoms with Crippen LogP contribution in [0.5, 0.6) is 0 Å². The van der Waals surface area contributed by atoms with E-state index in [9.17, 15) is 14.3 Å². The van der Waals surface area contributed by atoms with Gasteiger partial charge in [0.1, 0.15) is 11.4 Å². The molecule has 5 rings (SSSR count). The second kappa shape index (κ2) is 14.6. The Labute approximate surface area is 284 Å². The van der Waals surface area contributed by atoms with Gasteiger partial charge in [0, 0.05) is 35.5 Å². The maximum atomic E-state index is 14.3. The Bertz CT molecular complexity index is 1660. The number of hydrogen-bond donors (Lipinski definition) is 2. The van der Waals surface area contributed by atoms with E-state index in [0.29, 0.717) is 19.4 Å². The van der Waals surface area contributed by atoms with Gasteiger partial charge in [-0.15, -0.1) is 0 Å². The molecule has 1 saturated heterocycles. The van der Waals surface area contributed by atoms with Gasteiger partial charge >= 0.3 is 5.97 Å². The molecule has 1 aromatic heterocycles. The molecule has 2 N–H and O–H groups in total. The lowest BCUT2D eigenvalue weighted by atomic mass is 9.94. The van der Waals surface area contributed by atoms with Crippen LogP contribution in [0.25, 0.3) is 22.4 Å². The third kappa shape index (κ3) is 8.73. The number of aromatic nitrogens is 1. The van der Waals surface area contributed by atoms with Crippen molar-refractivity contribution < 1.29 is 28.5 Å². The minimum absolute atomic E-state index is 0.0239. The zero-order valence-corrected chi connectivity index (χ0v) is 29.1. The van der Waals surface area contributed by atoms with Crippen LogP contribution in [-0.4, -0.2) is 39.2 Å². The number of aliphatic hydroxyl groups is 1. The van der Waals surface area contributed by atoms with Crippen LogP contribution in [0.1, 0.15) is 91.1 Å². The van der Waals surface area contributed by atoms with E-state index in [0.717, 1.165) is 39.3 Å². The fraction of sp³-hybridized carbons (Fsp3) is 0.425. The summed E-state index contributed by atoms with van der Waals surface area (Å²) in [6.45, 7) is 14.1. The summed E-state index contributed by atoms with van der Waals surface area (Å²) in [5.74, 6) is -1.48. The molecule has 0 saturated carbocycles. The Morgan fingerprint density at radius 1 is 0.958 bits per heavy atom. The number of carbonyl (C=O) groups excluding carboxylic acids is 1. The summed E-state index contributed by atoms with van der Waals surface area (Å²) in [7, 11) is 0. The molecule has 2 heterocycles. The Balaban J connectivity index is 1.58. The number of anilines is 1. The molecule has 0 bridgehead atoms. The number of benzene rings is 3. The van der Waals surface area contributed by atoms with E-state index < -0.39 is 17.6 Å². The second-order valence-corrected chi connectivity index (χ2v) is 14.3. The molecule has 4 aromatic rings. The summed E-state index contributed by atoms with van der Waals surface area (Å²) in [4.78, 5) is 12.7. The summed E-state index contributed by atoms with van der Waals surface area (Å²) in [5.41, 5.74) is 5.53. The van der Waals surface area contributed by atoms with Crippen molar-refractivity contribution in [3.8, 4) is 22.4 Å². The summed E-state index contributed by atoms with van der Waals surface area (Å²) < 4.78 is 34.7. The number of nitrogens with zero attached hydrogens (tertiary/aromatic N) is 1. The van der Waals surface area contributed by atoms with Gasteiger partial charge in [0.15, 0.2) is 12.0 Å². The number of ether oxygens (including phenoxy) is 3. The lowest BCUT2D eigenvalue weighted by Gasteiger charge is -2.41. The van der Waals surface area contributed by atoms with Crippen LogP contribution >= 0.6 is 0 Å². The number of halogens is 1. The molecular formula is C40H49FN2O5. The first kappa shape index (κ1) is 35.3. The molecule has 1 aliphatic rings. The molecule has 3 aromatic carbocycles. The average molecular weight is 657 g/mol. The number of aliphatic hydroxyl groups excluding tert-OH is 1. The zero-order chi connectivity index (χ0) is 34.6. The van der Waals surface area contributed by atoms with Crippen LogP contribution in [-0.2, 0) is 25.5 Å². The maximum Gasteiger partial charge on any atom is 0.308 e. The molecule has 8 heteroatoms. The van der Waals surface area contributed by atoms with Gasteiger partial charge in [-0.3, -0.25) is 4.79 Å². The van der Waals surface area contributed by atoms with Gasteiger partial charge in [0.2, 0.25) is 0 Å². The Morgan fingerprint density at radius 2 is 1.56 bits per heavy atom. The number of hydrogen-bond acceptors (Lipinski definition) is 6. The Hall–Kier alpha value is -3.98. The average Bonchev–Trinajstić information content (AvgIpc) is 3.35. The number of esters is 1. The molecule has 1 aliphatic heterocycles. The highest BCUT2D eigenvalue weighted by molar-refractivity contribution is 5.86. The number of rotatable bonds is 11. The zero-order valence-electron chi connectivity index (χ0n) is 29.1. The second-order valence-electron chi connectivity index (χ2n) is 14.3. The predicted molar refractivity (Wildman–Crippen MR) is 188 cm³/mol. The third-order valence-electron chi connectivity index (χ3n) is 8.34. The maximum absolute atomic E-state index is 14.3. The molecule has 1 unspecified atom stereocenters. The van der Waals surface area contributed by atoms with Crippen LogP contribution in [0, 0.1) is 5.82 Å². The standard InChI is InChI=1S/C40H49FN2O5/c1-26(2)36-35(38(45)42-30-16-12-9-13-17-30)34(27-14-10-8-11-15-27)37(28-18-20-29(41)21-19-28)43(36)23-22-31-24-32(47-40(6,7)46-31)25-33(44)48-39(3,4)5/h8-21,26,31-32,38,42,45H,22-25H2,1-7H3/t31-,32-,38?/m1/s1. The van der Waals surface area contributed by atoms with Crippen LogP contribution in [0.2, 0.25) is 0 Å². The van der Waals surface area contributed by atoms with E-state index in [1.165, 1.54) is 12.1 Å². The van der Waals surface area contributed by atoms with Crippen molar-refractivity contribution in [1.82, 2.24) is 4.57 Å². The summed E-state index contributed by atoms with van der Waals surface area (Å²) in [6.07, 6.45) is -0.300. The van der Waals surface area contributed by atoms with Crippen molar-refractivity contribution in [3.05, 3.63) is 102 Å². The monoisotopic (exact) mass is 656 g/mol. The molecule has 1 fully saturated rings. The van der Waals surface area contributed by atoms with Crippen molar-refractivity contribution >= 4 is 11.7 Å². The number of para-hydroxylation sites is 1. The highest BCUT2D eigenvalue weighted by Crippen LogP contribution is 2.45. The molecule has 0 aliphatic carbocycles. The minimum atomic E-state index is -1.03. The first-order valence-corrected chi connectivity index (χ1v) is 16.9. The fourth-order valence-electron chi connectivity index (χ4n) is 6.72. The van der Waals surface area contributed by atoms with Crippen LogP contribution in [0.15, 0.2) is 84.9 Å². The lowest BCUT2D eigenvalue weighted by molar-refractivity contribution is -0.301. The molecule has 7 nitrogen and oxygen atoms in total. The molecule has 0 amide bonds. The lowest BCUT2D eigenvalue weighted by Crippen LogP contribution is -2.46. The largest absolute Gasteiger partial charge is 0.460 e. The molecule has 256 valence electrons. The molecule has 48 heavy (non-hydrogen) atoms. The van der Waals surface area contributed by atoms with Gasteiger partial charge in [-0.25, -0.2) is 4.39 Å². The van der Waals surface area contributed by atoms with Crippen LogP contribution in [0.3, 0.4) is 0 Å². The summed E-state index contributed by atoms with van der Waals surface area (Å²) >= 11 is 0. The molecule has 0 spiro atoms. The summed E-state index contributed by atoms with van der Waals surface area (Å²) in [5, 5.41) is 15.3. The van der Waals surface area contributed by atoms with Gasteiger partial charge in [0.25, 0.3) is 0 Å². The molecule has 3 atom stereocenters. The van der Waals surface area contributed by atoms with Gasteiger partial charge < -0.3 is 29.2 Å². The SMILES string of the molecule is CC(C)c1c(C(O)Nc2ccccc2)c(-c2ccccc2)c(-c2ccc(F)cc2)n1CC[C@@H]1C[C@H](CC(=O)OC(C)(C)C)OC(C)(C)O1. The summed E-state index contributed by atoms with van der Waals surface area (Å²) in [6, 6.07) is 26.2. The van der Waals surface area contributed by atoms with Crippen molar-refractivity contribution in [2.45, 2.75) is 110 Å². The fourth-order valence-corrected chi connectivity index (χ4v) is 6.72. The quantitative estimate of drug-likeness (QED) is 0.124. The molecule has 0 radical (unpaired) electrons. The van der Waals surface area contributed by atoms with Gasteiger partial charge in [-0.1, -0.05) is 62.4 Å². The van der Waals surface area contributed by atoms with Crippen LogP contribution < -0.4 is 5.32 Å². The van der Waals surface area contributed by atoms with E-state index in [1.807, 2.05) is 95.3 Å². The van der Waals surface area contributed by atoms with Crippen molar-refractivity contribution in [1.29, 1.82) is 0 Å². The van der Waals surface area contributed by atoms with E-state index in [4.69, 9.17) is 14.2 Å². The first-order chi connectivity index (χ1) is 22.7.